The average Bonchev–Trinajstić information content (AvgIpc) is 2.70. The first kappa shape index (κ1) is 19.1. The van der Waals surface area contributed by atoms with Crippen LogP contribution in [0.2, 0.25) is 0 Å². The molecule has 0 atom stereocenters. The molecule has 3 aromatic carbocycles. The Bertz CT molecular complexity index is 1020. The predicted molar refractivity (Wildman–Crippen MR) is 112 cm³/mol. The summed E-state index contributed by atoms with van der Waals surface area (Å²) in [4.78, 5) is 0. The van der Waals surface area contributed by atoms with Crippen molar-refractivity contribution in [1.82, 2.24) is 5.43 Å². The van der Waals surface area contributed by atoms with Crippen molar-refractivity contribution >= 4 is 40.6 Å². The molecule has 0 fully saturated rings. The molecule has 0 heterocycles. The fourth-order valence-electron chi connectivity index (χ4n) is 2.19. The van der Waals surface area contributed by atoms with E-state index in [0.29, 0.717) is 16.4 Å². The number of hydrazone groups is 1. The molecule has 28 heavy (non-hydrogen) atoms. The van der Waals surface area contributed by atoms with E-state index < -0.39 is 5.82 Å². The molecule has 0 unspecified atom stereocenters. The lowest BCUT2D eigenvalue weighted by Gasteiger charge is -2.06. The Labute approximate surface area is 166 Å². The summed E-state index contributed by atoms with van der Waals surface area (Å²) in [5.41, 5.74) is 4.46. The monoisotopic (exact) mass is 393 g/mol. The number of phenols is 1. The number of phenolic OH excluding ortho intramolecular Hbond substituents is 1. The average molecular weight is 393 g/mol. The van der Waals surface area contributed by atoms with Gasteiger partial charge in [-0.05, 0) is 54.7 Å². The van der Waals surface area contributed by atoms with Crippen LogP contribution >= 0.6 is 12.2 Å². The number of halogens is 1. The molecule has 0 radical (unpaired) electrons. The maximum absolute atomic E-state index is 13.6. The number of anilines is 1. The molecule has 0 saturated heterocycles. The van der Waals surface area contributed by atoms with E-state index >= 15 is 0 Å². The molecule has 0 aliphatic rings. The summed E-state index contributed by atoms with van der Waals surface area (Å²) in [5, 5.41) is 25.1. The number of benzene rings is 3. The molecule has 0 aliphatic heterocycles. The number of para-hydroxylation sites is 1. The van der Waals surface area contributed by atoms with E-state index in [1.165, 1.54) is 24.4 Å². The highest BCUT2D eigenvalue weighted by Crippen LogP contribution is 2.25. The highest BCUT2D eigenvalue weighted by atomic mass is 32.1. The fourth-order valence-corrected chi connectivity index (χ4v) is 2.36. The van der Waals surface area contributed by atoms with Crippen LogP contribution in [0.25, 0.3) is 0 Å². The van der Waals surface area contributed by atoms with E-state index in [1.807, 2.05) is 30.3 Å². The Morgan fingerprint density at radius 1 is 0.964 bits per heavy atom. The minimum atomic E-state index is -0.463. The van der Waals surface area contributed by atoms with Gasteiger partial charge in [0.15, 0.2) is 10.9 Å². The first-order chi connectivity index (χ1) is 13.6. The maximum atomic E-state index is 13.6. The van der Waals surface area contributed by atoms with Crippen LogP contribution in [-0.4, -0.2) is 16.4 Å². The van der Waals surface area contributed by atoms with Gasteiger partial charge in [0, 0.05) is 11.3 Å². The zero-order chi connectivity index (χ0) is 19.8. The van der Waals surface area contributed by atoms with Crippen LogP contribution in [0.5, 0.6) is 5.75 Å². The summed E-state index contributed by atoms with van der Waals surface area (Å²) in [6.45, 7) is 0. The molecule has 8 heteroatoms. The van der Waals surface area contributed by atoms with E-state index in [1.54, 1.807) is 24.3 Å². The highest BCUT2D eigenvalue weighted by Gasteiger charge is 2.02. The number of azo groups is 1. The fraction of sp³-hybridized carbons (Fsp3) is 0. The third-order valence-corrected chi connectivity index (χ3v) is 3.73. The lowest BCUT2D eigenvalue weighted by molar-refractivity contribution is 0.474. The predicted octanol–water partition coefficient (Wildman–Crippen LogP) is 5.27. The van der Waals surface area contributed by atoms with Gasteiger partial charge >= 0.3 is 0 Å². The van der Waals surface area contributed by atoms with Crippen LogP contribution < -0.4 is 10.7 Å². The van der Waals surface area contributed by atoms with Crippen LogP contribution in [0.15, 0.2) is 88.1 Å². The van der Waals surface area contributed by atoms with Gasteiger partial charge < -0.3 is 10.4 Å². The van der Waals surface area contributed by atoms with Crippen molar-refractivity contribution in [2.45, 2.75) is 0 Å². The summed E-state index contributed by atoms with van der Waals surface area (Å²) < 4.78 is 13.6. The van der Waals surface area contributed by atoms with E-state index in [9.17, 15) is 9.50 Å². The second-order valence-corrected chi connectivity index (χ2v) is 5.99. The second-order valence-electron chi connectivity index (χ2n) is 5.58. The molecule has 140 valence electrons. The first-order valence-electron chi connectivity index (χ1n) is 8.26. The zero-order valence-corrected chi connectivity index (χ0v) is 15.4. The van der Waals surface area contributed by atoms with Gasteiger partial charge in [-0.25, -0.2) is 4.39 Å². The summed E-state index contributed by atoms with van der Waals surface area (Å²) in [6.07, 6.45) is 1.40. The standard InChI is InChI=1S/C20H16FN5OS/c21-17-8-4-5-9-18(17)25-24-16-10-11-19(27)14(12-16)13-22-26-20(28)23-15-6-2-1-3-7-15/h1-13,27H,(H2,23,26,28)/b22-13+,25-24?. The number of hydrogen-bond donors (Lipinski definition) is 3. The van der Waals surface area contributed by atoms with Gasteiger partial charge in [0.1, 0.15) is 11.4 Å². The molecule has 3 rings (SSSR count). The largest absolute Gasteiger partial charge is 0.507 e. The third kappa shape index (κ3) is 5.42. The summed E-state index contributed by atoms with van der Waals surface area (Å²) in [5.74, 6) is -0.451. The Morgan fingerprint density at radius 2 is 1.71 bits per heavy atom. The molecule has 0 bridgehead atoms. The summed E-state index contributed by atoms with van der Waals surface area (Å²) >= 11 is 5.15. The molecular weight excluding hydrogens is 377 g/mol. The number of rotatable bonds is 5. The van der Waals surface area contributed by atoms with Crippen molar-refractivity contribution in [2.24, 2.45) is 15.3 Å². The van der Waals surface area contributed by atoms with Gasteiger partial charge in [0.05, 0.1) is 11.9 Å². The van der Waals surface area contributed by atoms with Crippen LogP contribution in [0.4, 0.5) is 21.5 Å². The minimum Gasteiger partial charge on any atom is -0.507 e. The lowest BCUT2D eigenvalue weighted by Crippen LogP contribution is -2.23. The van der Waals surface area contributed by atoms with Gasteiger partial charge in [-0.15, -0.1) is 5.11 Å². The lowest BCUT2D eigenvalue weighted by atomic mass is 10.2. The second kappa shape index (κ2) is 9.33. The van der Waals surface area contributed by atoms with Gasteiger partial charge in [-0.2, -0.15) is 10.2 Å². The van der Waals surface area contributed by atoms with Gasteiger partial charge in [-0.3, -0.25) is 5.43 Å². The Balaban J connectivity index is 1.65. The molecule has 0 saturated carbocycles. The number of aromatic hydroxyl groups is 1. The number of nitrogens with one attached hydrogen (secondary N) is 2. The van der Waals surface area contributed by atoms with Gasteiger partial charge in [0.25, 0.3) is 0 Å². The maximum Gasteiger partial charge on any atom is 0.191 e. The van der Waals surface area contributed by atoms with Crippen LogP contribution in [0.1, 0.15) is 5.56 Å². The van der Waals surface area contributed by atoms with E-state index in [0.717, 1.165) is 5.69 Å². The van der Waals surface area contributed by atoms with E-state index in [2.05, 4.69) is 26.1 Å². The Hall–Kier alpha value is -3.65. The topological polar surface area (TPSA) is 81.4 Å². The van der Waals surface area contributed by atoms with Crippen molar-refractivity contribution in [3.63, 3.8) is 0 Å². The smallest absolute Gasteiger partial charge is 0.191 e. The SMILES string of the molecule is Oc1ccc(N=Nc2ccccc2F)cc1/C=N/NC(=S)Nc1ccccc1. The summed E-state index contributed by atoms with van der Waals surface area (Å²) in [6, 6.07) is 20.1. The van der Waals surface area contributed by atoms with Gasteiger partial charge in [0.2, 0.25) is 0 Å². The minimum absolute atomic E-state index is 0.0114. The third-order valence-electron chi connectivity index (χ3n) is 3.54. The van der Waals surface area contributed by atoms with Crippen molar-refractivity contribution in [2.75, 3.05) is 5.32 Å². The van der Waals surface area contributed by atoms with Crippen molar-refractivity contribution in [3.05, 3.63) is 84.2 Å². The number of thiocarbonyl (C=S) groups is 1. The zero-order valence-electron chi connectivity index (χ0n) is 14.6. The van der Waals surface area contributed by atoms with Crippen molar-refractivity contribution in [3.8, 4) is 5.75 Å². The number of hydrogen-bond acceptors (Lipinski definition) is 5. The normalized spacial score (nSPS) is 11.0. The van der Waals surface area contributed by atoms with Crippen LogP contribution in [-0.2, 0) is 0 Å². The van der Waals surface area contributed by atoms with Crippen LogP contribution in [0, 0.1) is 5.82 Å². The number of nitrogens with zero attached hydrogens (tertiary/aromatic N) is 3. The molecule has 3 aromatic rings. The summed E-state index contributed by atoms with van der Waals surface area (Å²) in [7, 11) is 0. The molecule has 0 spiro atoms. The van der Waals surface area contributed by atoms with Crippen molar-refractivity contribution < 1.29 is 9.50 Å². The molecule has 0 aliphatic carbocycles. The molecule has 0 amide bonds. The molecule has 3 N–H and O–H groups in total. The Morgan fingerprint density at radius 3 is 2.50 bits per heavy atom. The quantitative estimate of drug-likeness (QED) is 0.239. The molecule has 6 nitrogen and oxygen atoms in total. The van der Waals surface area contributed by atoms with E-state index in [-0.39, 0.29) is 11.4 Å². The van der Waals surface area contributed by atoms with Crippen molar-refractivity contribution in [1.29, 1.82) is 0 Å². The van der Waals surface area contributed by atoms with Gasteiger partial charge in [-0.1, -0.05) is 30.3 Å². The molecular formula is C20H16FN5OS. The Kier molecular flexibility index (Phi) is 6.37. The van der Waals surface area contributed by atoms with Crippen LogP contribution in [0.3, 0.4) is 0 Å². The first-order valence-corrected chi connectivity index (χ1v) is 8.67. The molecule has 0 aromatic heterocycles. The highest BCUT2D eigenvalue weighted by molar-refractivity contribution is 7.80. The van der Waals surface area contributed by atoms with E-state index in [4.69, 9.17) is 12.2 Å².